The third-order valence-corrected chi connectivity index (χ3v) is 7.03. The first kappa shape index (κ1) is 31.5. The van der Waals surface area contributed by atoms with E-state index in [4.69, 9.17) is 11.5 Å². The minimum atomic E-state index is -0.742. The lowest BCUT2D eigenvalue weighted by atomic mass is 10.2. The standard InChI is InChI=1S/C17H18N6O2S.C9H7FN2O2.C2H6/c1-19-11-8-21-15-3-2-12(23(15)17(11)25)16(24)22-7-10-4-9-6-20-14(18)5-13(9)26-10;10-7-3-1-2-6(4-7)9(14)12-8(11)5-13;1-2/h4-6,8,12,19H,2-3,7H2,1H3,(H2,18,20)(H,22,24);1-5H,(H2,11,12,14);1-2H3. The van der Waals surface area contributed by atoms with Gasteiger partial charge in [-0.2, -0.15) is 4.99 Å². The largest absolute Gasteiger partial charge is 0.384 e. The molecule has 0 saturated carbocycles. The number of nitrogens with two attached hydrogens (primary N) is 2. The molecule has 42 heavy (non-hydrogen) atoms. The van der Waals surface area contributed by atoms with Gasteiger partial charge in [0.05, 0.1) is 12.7 Å². The molecule has 5 rings (SSSR count). The molecular weight excluding hydrogens is 563 g/mol. The Kier molecular flexibility index (Phi) is 11.0. The van der Waals surface area contributed by atoms with Crippen molar-refractivity contribution in [2.75, 3.05) is 18.1 Å². The van der Waals surface area contributed by atoms with Crippen molar-refractivity contribution in [2.45, 2.75) is 39.3 Å². The van der Waals surface area contributed by atoms with E-state index in [1.165, 1.54) is 29.0 Å². The van der Waals surface area contributed by atoms with Gasteiger partial charge in [0.1, 0.15) is 29.2 Å². The highest BCUT2D eigenvalue weighted by Gasteiger charge is 2.30. The van der Waals surface area contributed by atoms with Crippen molar-refractivity contribution < 1.29 is 18.8 Å². The van der Waals surface area contributed by atoms with E-state index in [0.717, 1.165) is 21.0 Å². The van der Waals surface area contributed by atoms with E-state index in [1.807, 2.05) is 26.0 Å². The van der Waals surface area contributed by atoms with E-state index >= 15 is 0 Å². The Hall–Kier alpha value is -4.98. The van der Waals surface area contributed by atoms with Crippen LogP contribution in [0, 0.1) is 5.82 Å². The third-order valence-electron chi connectivity index (χ3n) is 5.93. The highest BCUT2D eigenvalue weighted by molar-refractivity contribution is 7.19. The number of thiophene rings is 1. The minimum Gasteiger partial charge on any atom is -0.384 e. The van der Waals surface area contributed by atoms with Crippen LogP contribution < -0.4 is 27.7 Å². The zero-order chi connectivity index (χ0) is 30.8. The summed E-state index contributed by atoms with van der Waals surface area (Å²) in [6.07, 6.45) is 4.69. The fourth-order valence-electron chi connectivity index (χ4n) is 4.04. The first-order chi connectivity index (χ1) is 20.2. The van der Waals surface area contributed by atoms with Gasteiger partial charge in [-0.15, -0.1) is 11.3 Å². The number of hydrogen-bond donors (Lipinski definition) is 4. The molecule has 0 radical (unpaired) electrons. The number of nitrogens with one attached hydrogen (secondary N) is 2. The number of carbonyl (C=O) groups is 3. The lowest BCUT2D eigenvalue weighted by Crippen LogP contribution is -2.36. The Labute approximate surface area is 244 Å². The van der Waals surface area contributed by atoms with Gasteiger partial charge in [0.25, 0.3) is 11.5 Å². The van der Waals surface area contributed by atoms with Gasteiger partial charge in [-0.25, -0.2) is 14.4 Å². The van der Waals surface area contributed by atoms with Crippen LogP contribution in [-0.4, -0.2) is 45.5 Å². The second-order valence-corrected chi connectivity index (χ2v) is 9.78. The summed E-state index contributed by atoms with van der Waals surface area (Å²) in [6, 6.07) is 8.26. The molecule has 0 fully saturated rings. The molecule has 0 spiro atoms. The fourth-order valence-corrected chi connectivity index (χ4v) is 5.06. The molecule has 1 atom stereocenters. The topological polar surface area (TPSA) is 187 Å². The number of amides is 2. The minimum absolute atomic E-state index is 0.0507. The molecule has 6 N–H and O–H groups in total. The number of pyridine rings is 1. The van der Waals surface area contributed by atoms with E-state index in [-0.39, 0.29) is 23.3 Å². The van der Waals surface area contributed by atoms with Crippen LogP contribution in [0.2, 0.25) is 0 Å². The summed E-state index contributed by atoms with van der Waals surface area (Å²) in [5, 5.41) is 6.75. The Morgan fingerprint density at radius 3 is 2.67 bits per heavy atom. The van der Waals surface area contributed by atoms with E-state index < -0.39 is 23.6 Å². The van der Waals surface area contributed by atoms with Crippen molar-refractivity contribution in [1.29, 1.82) is 0 Å². The number of aromatic nitrogens is 3. The van der Waals surface area contributed by atoms with E-state index in [9.17, 15) is 23.6 Å². The first-order valence-corrected chi connectivity index (χ1v) is 13.8. The second kappa shape index (κ2) is 14.6. The van der Waals surface area contributed by atoms with Crippen molar-refractivity contribution in [1.82, 2.24) is 19.9 Å². The Morgan fingerprint density at radius 2 is 1.98 bits per heavy atom. The van der Waals surface area contributed by atoms with Gasteiger partial charge in [0.15, 0.2) is 12.1 Å². The lowest BCUT2D eigenvalue weighted by molar-refractivity contribution is -0.124. The number of amidine groups is 1. The Bertz CT molecular complexity index is 1680. The normalized spacial score (nSPS) is 13.6. The van der Waals surface area contributed by atoms with Gasteiger partial charge in [0, 0.05) is 40.2 Å². The number of nitrogen functional groups attached to an aromatic ring is 1. The van der Waals surface area contributed by atoms with Gasteiger partial charge in [-0.1, -0.05) is 19.9 Å². The summed E-state index contributed by atoms with van der Waals surface area (Å²) < 4.78 is 15.2. The first-order valence-electron chi connectivity index (χ1n) is 13.0. The van der Waals surface area contributed by atoms with Crippen molar-refractivity contribution in [2.24, 2.45) is 10.7 Å². The Morgan fingerprint density at radius 1 is 1.21 bits per heavy atom. The number of hydrogen-bond acceptors (Lipinski definition) is 9. The maximum atomic E-state index is 12.7. The van der Waals surface area contributed by atoms with Crippen LogP contribution in [0.3, 0.4) is 0 Å². The van der Waals surface area contributed by atoms with Crippen molar-refractivity contribution >= 4 is 56.9 Å². The predicted octanol–water partition coefficient (Wildman–Crippen LogP) is 2.83. The average Bonchev–Trinajstić information content (AvgIpc) is 3.62. The Balaban J connectivity index is 0.000000257. The van der Waals surface area contributed by atoms with E-state index in [1.54, 1.807) is 24.6 Å². The molecule has 4 aromatic rings. The number of halogens is 1. The number of aryl methyl sites for hydroxylation is 1. The molecule has 4 heterocycles. The van der Waals surface area contributed by atoms with E-state index in [0.29, 0.717) is 36.7 Å². The molecule has 1 aliphatic rings. The molecule has 1 aromatic carbocycles. The molecular formula is C28H31FN8O4S. The molecule has 0 bridgehead atoms. The van der Waals surface area contributed by atoms with Crippen LogP contribution in [0.25, 0.3) is 10.1 Å². The van der Waals surface area contributed by atoms with Gasteiger partial charge >= 0.3 is 0 Å². The van der Waals surface area contributed by atoms with Gasteiger partial charge in [-0.05, 0) is 36.8 Å². The number of aliphatic imine (C=N–C) groups is 1. The summed E-state index contributed by atoms with van der Waals surface area (Å²) in [5.41, 5.74) is 11.0. The van der Waals surface area contributed by atoms with Gasteiger partial charge in [-0.3, -0.25) is 23.7 Å². The number of anilines is 2. The molecule has 3 aromatic heterocycles. The predicted molar refractivity (Wildman–Crippen MR) is 161 cm³/mol. The highest BCUT2D eigenvalue weighted by Crippen LogP contribution is 2.27. The molecule has 14 heteroatoms. The van der Waals surface area contributed by atoms with Crippen molar-refractivity contribution in [3.05, 3.63) is 81.2 Å². The van der Waals surface area contributed by atoms with Crippen molar-refractivity contribution in [3.8, 4) is 0 Å². The number of carbonyl (C=O) groups excluding carboxylic acids is 3. The summed E-state index contributed by atoms with van der Waals surface area (Å²) in [4.78, 5) is 59.0. The zero-order valence-electron chi connectivity index (χ0n) is 23.3. The van der Waals surface area contributed by atoms with E-state index in [2.05, 4.69) is 25.6 Å². The van der Waals surface area contributed by atoms with Crippen LogP contribution in [0.4, 0.5) is 15.9 Å². The van der Waals surface area contributed by atoms with Gasteiger partial charge < -0.3 is 22.1 Å². The summed E-state index contributed by atoms with van der Waals surface area (Å²) in [7, 11) is 1.67. The van der Waals surface area contributed by atoms with Crippen LogP contribution in [0.15, 0.2) is 58.6 Å². The number of rotatable bonds is 6. The fraction of sp³-hybridized carbons (Fsp3) is 0.250. The molecule has 220 valence electrons. The molecule has 1 unspecified atom stereocenters. The maximum Gasteiger partial charge on any atom is 0.279 e. The van der Waals surface area contributed by atoms with Crippen LogP contribution >= 0.6 is 11.3 Å². The van der Waals surface area contributed by atoms with Crippen molar-refractivity contribution in [3.63, 3.8) is 0 Å². The average molecular weight is 595 g/mol. The van der Waals surface area contributed by atoms with Crippen LogP contribution in [0.5, 0.6) is 0 Å². The number of fused-ring (bicyclic) bond motifs is 2. The highest BCUT2D eigenvalue weighted by atomic mass is 32.1. The summed E-state index contributed by atoms with van der Waals surface area (Å²) in [6.45, 7) is 4.40. The second-order valence-electron chi connectivity index (χ2n) is 8.62. The SMILES string of the molecule is CC.CNc1cnc2n(c1=O)C(C(=O)NCc1cc3cnc(N)cc3s1)CC2.NC(C=O)=NC(=O)c1cccc(F)c1. The molecule has 0 saturated heterocycles. The summed E-state index contributed by atoms with van der Waals surface area (Å²) in [5.74, 6) is -0.762. The van der Waals surface area contributed by atoms with Gasteiger partial charge in [0.2, 0.25) is 5.91 Å². The number of aldehydes is 1. The van der Waals surface area contributed by atoms with Crippen LogP contribution in [-0.2, 0) is 22.6 Å². The third kappa shape index (κ3) is 7.60. The number of nitrogens with zero attached hydrogens (tertiary/aromatic N) is 4. The number of benzene rings is 1. The lowest BCUT2D eigenvalue weighted by Gasteiger charge is -2.14. The quantitative estimate of drug-likeness (QED) is 0.148. The monoisotopic (exact) mass is 594 g/mol. The van der Waals surface area contributed by atoms with Crippen LogP contribution in [0.1, 0.15) is 47.4 Å². The molecule has 12 nitrogen and oxygen atoms in total. The zero-order valence-corrected chi connectivity index (χ0v) is 24.1. The molecule has 1 aliphatic heterocycles. The smallest absolute Gasteiger partial charge is 0.279 e. The maximum absolute atomic E-state index is 12.7. The molecule has 2 amide bonds. The summed E-state index contributed by atoms with van der Waals surface area (Å²) >= 11 is 1.57. The molecule has 0 aliphatic carbocycles.